The zero-order chi connectivity index (χ0) is 15.8. The van der Waals surface area contributed by atoms with E-state index < -0.39 is 5.76 Å². The molecule has 0 aliphatic rings. The summed E-state index contributed by atoms with van der Waals surface area (Å²) < 4.78 is 30.1. The average molecular weight is 321 g/mol. The smallest absolute Gasteiger partial charge is 0.288 e. The second-order valence-corrected chi connectivity index (χ2v) is 5.24. The normalized spacial score (nSPS) is 11.0. The molecule has 0 saturated carbocycles. The van der Waals surface area contributed by atoms with Crippen molar-refractivity contribution in [1.82, 2.24) is 5.43 Å². The number of nitrogens with one attached hydrogen (secondary N) is 1. The highest BCUT2D eigenvalue weighted by Crippen LogP contribution is 2.28. The molecule has 1 N–H and O–H groups in total. The van der Waals surface area contributed by atoms with Crippen LogP contribution in [0.5, 0.6) is 0 Å². The number of thioether (sulfide) groups is 1. The van der Waals surface area contributed by atoms with E-state index in [1.165, 1.54) is 6.21 Å². The highest BCUT2D eigenvalue weighted by Gasteiger charge is 2.07. The molecule has 0 spiro atoms. The number of rotatable bonds is 7. The molecule has 2 rings (SSSR count). The average Bonchev–Trinajstić information content (AvgIpc) is 2.96. The molecule has 0 amide bonds. The minimum absolute atomic E-state index is 0.379. The summed E-state index contributed by atoms with van der Waals surface area (Å²) in [5.74, 6) is -1.23. The molecule has 7 heteroatoms. The second-order valence-electron chi connectivity index (χ2n) is 4.18. The molecular weight excluding hydrogens is 308 g/mol. The Morgan fingerprint density at radius 1 is 1.27 bits per heavy atom. The van der Waals surface area contributed by atoms with Crippen LogP contribution in [0.4, 0.5) is 8.78 Å². The largest absolute Gasteiger partial charge is 0.455 e. The van der Waals surface area contributed by atoms with E-state index in [0.29, 0.717) is 41.1 Å². The third-order valence-electron chi connectivity index (χ3n) is 2.62. The molecule has 114 valence electrons. The Hall–Kier alpha value is -2.33. The number of benzene rings is 1. The molecule has 0 atom stereocenters. The Morgan fingerprint density at radius 2 is 2.05 bits per heavy atom. The van der Waals surface area contributed by atoms with Crippen molar-refractivity contribution in [1.29, 1.82) is 5.26 Å². The third kappa shape index (κ3) is 4.90. The van der Waals surface area contributed by atoms with Gasteiger partial charge in [0, 0.05) is 17.0 Å². The standard InChI is InChI=1S/C15H13F2N3OS/c16-15(17)22-13-5-2-11(3-6-13)14-7-4-12(21-14)10-20-19-9-1-8-18/h2-7,10,15,19H,1,9H2. The summed E-state index contributed by atoms with van der Waals surface area (Å²) in [6, 6.07) is 12.3. The number of nitrogens with zero attached hydrogens (tertiary/aromatic N) is 2. The summed E-state index contributed by atoms with van der Waals surface area (Å²) in [6.45, 7) is 0.476. The lowest BCUT2D eigenvalue weighted by Gasteiger charge is -2.01. The lowest BCUT2D eigenvalue weighted by molar-refractivity contribution is 0.252. The van der Waals surface area contributed by atoms with Gasteiger partial charge in [0.25, 0.3) is 5.76 Å². The Labute approximate surface area is 130 Å². The molecule has 0 aliphatic heterocycles. The van der Waals surface area contributed by atoms with Crippen molar-refractivity contribution in [3.63, 3.8) is 0 Å². The first-order valence-corrected chi connectivity index (χ1v) is 7.35. The fraction of sp³-hybridized carbons (Fsp3) is 0.200. The van der Waals surface area contributed by atoms with Crippen molar-refractivity contribution in [2.45, 2.75) is 17.1 Å². The van der Waals surface area contributed by atoms with Crippen LogP contribution in [0.1, 0.15) is 12.2 Å². The van der Waals surface area contributed by atoms with Gasteiger partial charge in [-0.2, -0.15) is 19.1 Å². The SMILES string of the molecule is N#CCCNN=Cc1ccc(-c2ccc(SC(F)F)cc2)o1. The van der Waals surface area contributed by atoms with Crippen molar-refractivity contribution < 1.29 is 13.2 Å². The van der Waals surface area contributed by atoms with E-state index in [4.69, 9.17) is 9.68 Å². The Bertz CT molecular complexity index is 662. The van der Waals surface area contributed by atoms with Gasteiger partial charge in [0.15, 0.2) is 0 Å². The zero-order valence-electron chi connectivity index (χ0n) is 11.5. The van der Waals surface area contributed by atoms with Crippen LogP contribution in [0.25, 0.3) is 11.3 Å². The van der Waals surface area contributed by atoms with Gasteiger partial charge in [0.05, 0.1) is 18.7 Å². The summed E-state index contributed by atoms with van der Waals surface area (Å²) >= 11 is 0.509. The Kier molecular flexibility index (Phi) is 5.98. The highest BCUT2D eigenvalue weighted by molar-refractivity contribution is 7.99. The number of hydrazone groups is 1. The van der Waals surface area contributed by atoms with E-state index in [1.54, 1.807) is 36.4 Å². The lowest BCUT2D eigenvalue weighted by atomic mass is 10.2. The minimum atomic E-state index is -2.43. The predicted octanol–water partition coefficient (Wildman–Crippen LogP) is 4.10. The molecule has 0 saturated heterocycles. The molecule has 0 unspecified atom stereocenters. The van der Waals surface area contributed by atoms with Gasteiger partial charge in [-0.1, -0.05) is 23.9 Å². The topological polar surface area (TPSA) is 61.3 Å². The number of alkyl halides is 2. The van der Waals surface area contributed by atoms with E-state index in [9.17, 15) is 8.78 Å². The quantitative estimate of drug-likeness (QED) is 0.361. The van der Waals surface area contributed by atoms with Crippen LogP contribution in [0.2, 0.25) is 0 Å². The van der Waals surface area contributed by atoms with Crippen molar-refractivity contribution >= 4 is 18.0 Å². The number of hydrogen-bond donors (Lipinski definition) is 1. The molecule has 0 radical (unpaired) electrons. The van der Waals surface area contributed by atoms with Gasteiger partial charge in [-0.05, 0) is 24.3 Å². The second kappa shape index (κ2) is 8.20. The van der Waals surface area contributed by atoms with Crippen LogP contribution < -0.4 is 5.43 Å². The Balaban J connectivity index is 1.97. The molecule has 22 heavy (non-hydrogen) atoms. The molecule has 1 aromatic heterocycles. The first-order chi connectivity index (χ1) is 10.7. The van der Waals surface area contributed by atoms with Gasteiger partial charge in [-0.3, -0.25) is 0 Å². The molecule has 0 aliphatic carbocycles. The third-order valence-corrected chi connectivity index (χ3v) is 3.34. The summed E-state index contributed by atoms with van der Waals surface area (Å²) in [6.07, 6.45) is 1.89. The van der Waals surface area contributed by atoms with Gasteiger partial charge in [-0.25, -0.2) is 0 Å². The van der Waals surface area contributed by atoms with Crippen molar-refractivity contribution in [3.05, 3.63) is 42.2 Å². The molecule has 1 aromatic carbocycles. The number of halogens is 2. The number of nitriles is 1. The monoisotopic (exact) mass is 321 g/mol. The molecule has 0 bridgehead atoms. The summed E-state index contributed by atoms with van der Waals surface area (Å²) in [5, 5.41) is 12.3. The number of hydrogen-bond acceptors (Lipinski definition) is 5. The maximum atomic E-state index is 12.2. The van der Waals surface area contributed by atoms with E-state index in [0.717, 1.165) is 5.56 Å². The van der Waals surface area contributed by atoms with Crippen LogP contribution in [0.3, 0.4) is 0 Å². The van der Waals surface area contributed by atoms with Crippen LogP contribution in [-0.2, 0) is 0 Å². The zero-order valence-corrected chi connectivity index (χ0v) is 12.3. The molecule has 0 fully saturated rings. The summed E-state index contributed by atoms with van der Waals surface area (Å²) in [5.41, 5.74) is 3.52. The summed E-state index contributed by atoms with van der Waals surface area (Å²) in [4.78, 5) is 0.508. The Morgan fingerprint density at radius 3 is 2.73 bits per heavy atom. The van der Waals surface area contributed by atoms with Gasteiger partial charge < -0.3 is 9.84 Å². The predicted molar refractivity (Wildman–Crippen MR) is 81.8 cm³/mol. The maximum absolute atomic E-state index is 12.2. The van der Waals surface area contributed by atoms with Crippen molar-refractivity contribution in [3.8, 4) is 17.4 Å². The van der Waals surface area contributed by atoms with Gasteiger partial charge >= 0.3 is 0 Å². The first kappa shape index (κ1) is 16.0. The first-order valence-electron chi connectivity index (χ1n) is 6.47. The van der Waals surface area contributed by atoms with Crippen LogP contribution in [-0.4, -0.2) is 18.5 Å². The van der Waals surface area contributed by atoms with Crippen molar-refractivity contribution in [2.75, 3.05) is 6.54 Å². The van der Waals surface area contributed by atoms with Crippen LogP contribution in [0, 0.1) is 11.3 Å². The van der Waals surface area contributed by atoms with Gasteiger partial charge in [0.1, 0.15) is 11.5 Å². The van der Waals surface area contributed by atoms with Gasteiger partial charge in [0.2, 0.25) is 0 Å². The van der Waals surface area contributed by atoms with Crippen LogP contribution in [0.15, 0.2) is 50.8 Å². The molecule has 4 nitrogen and oxygen atoms in total. The van der Waals surface area contributed by atoms with Crippen molar-refractivity contribution in [2.24, 2.45) is 5.10 Å². The highest BCUT2D eigenvalue weighted by atomic mass is 32.2. The van der Waals surface area contributed by atoms with Gasteiger partial charge in [-0.15, -0.1) is 0 Å². The van der Waals surface area contributed by atoms with E-state index >= 15 is 0 Å². The molecular formula is C15H13F2N3OS. The van der Waals surface area contributed by atoms with E-state index in [1.807, 2.05) is 6.07 Å². The summed E-state index contributed by atoms with van der Waals surface area (Å²) in [7, 11) is 0. The maximum Gasteiger partial charge on any atom is 0.288 e. The fourth-order valence-electron chi connectivity index (χ4n) is 1.66. The van der Waals surface area contributed by atoms with E-state index in [-0.39, 0.29) is 0 Å². The fourth-order valence-corrected chi connectivity index (χ4v) is 2.16. The van der Waals surface area contributed by atoms with E-state index in [2.05, 4.69) is 10.5 Å². The molecule has 2 aromatic rings. The molecule has 1 heterocycles. The lowest BCUT2D eigenvalue weighted by Crippen LogP contribution is -2.06. The minimum Gasteiger partial charge on any atom is -0.455 e. The number of furan rings is 1. The van der Waals surface area contributed by atoms with Crippen LogP contribution >= 0.6 is 11.8 Å².